The Kier molecular flexibility index (Phi) is 6.19. The number of nitrogens with zero attached hydrogens (tertiary/aromatic N) is 2. The third kappa shape index (κ3) is 4.54. The van der Waals surface area contributed by atoms with Crippen molar-refractivity contribution in [2.45, 2.75) is 18.7 Å². The molecule has 1 aliphatic heterocycles. The van der Waals surface area contributed by atoms with Crippen LogP contribution in [0.4, 0.5) is 5.69 Å². The fraction of sp³-hybridized carbons (Fsp3) is 0.273. The van der Waals surface area contributed by atoms with Crippen LogP contribution in [0.2, 0.25) is 0 Å². The van der Waals surface area contributed by atoms with E-state index in [1.165, 1.54) is 21.7 Å². The predicted octanol–water partition coefficient (Wildman–Crippen LogP) is 3.70. The molecule has 1 aromatic heterocycles. The molecule has 7 nitrogen and oxygen atoms in total. The Balaban J connectivity index is 1.63. The van der Waals surface area contributed by atoms with Crippen molar-refractivity contribution in [2.75, 3.05) is 31.6 Å². The van der Waals surface area contributed by atoms with Crippen molar-refractivity contribution >= 4 is 33.0 Å². The molecule has 0 saturated carbocycles. The molecule has 1 saturated heterocycles. The van der Waals surface area contributed by atoms with Gasteiger partial charge in [-0.3, -0.25) is 4.79 Å². The van der Waals surface area contributed by atoms with Crippen molar-refractivity contribution in [3.63, 3.8) is 0 Å². The maximum Gasteiger partial charge on any atom is 0.268 e. The van der Waals surface area contributed by atoms with Crippen molar-refractivity contribution < 1.29 is 17.9 Å². The van der Waals surface area contributed by atoms with E-state index in [9.17, 15) is 13.2 Å². The average molecular weight is 458 g/mol. The molecule has 1 fully saturated rings. The van der Waals surface area contributed by atoms with Crippen LogP contribution in [0.3, 0.4) is 0 Å². The number of hydrogen-bond acceptors (Lipinski definition) is 6. The van der Waals surface area contributed by atoms with E-state index in [1.54, 1.807) is 19.1 Å². The summed E-state index contributed by atoms with van der Waals surface area (Å²) >= 11 is 1.31. The van der Waals surface area contributed by atoms with Gasteiger partial charge in [0.2, 0.25) is 10.0 Å². The third-order valence-corrected chi connectivity index (χ3v) is 8.03. The Bertz CT molecular complexity index is 1200. The van der Waals surface area contributed by atoms with E-state index in [4.69, 9.17) is 4.74 Å². The first-order chi connectivity index (χ1) is 14.9. The number of sulfonamides is 1. The van der Waals surface area contributed by atoms with Crippen LogP contribution >= 0.6 is 11.3 Å². The average Bonchev–Trinajstić information content (AvgIpc) is 3.18. The minimum atomic E-state index is -3.67. The Labute approximate surface area is 185 Å². The lowest BCUT2D eigenvalue weighted by atomic mass is 10.1. The summed E-state index contributed by atoms with van der Waals surface area (Å²) in [5.74, 6) is -0.317. The van der Waals surface area contributed by atoms with Crippen molar-refractivity contribution in [1.82, 2.24) is 9.29 Å². The number of hydrogen-bond donors (Lipinski definition) is 1. The molecule has 4 rings (SSSR count). The summed E-state index contributed by atoms with van der Waals surface area (Å²) in [7, 11) is -3.67. The second-order valence-electron chi connectivity index (χ2n) is 7.23. The van der Waals surface area contributed by atoms with Crippen molar-refractivity contribution in [2.24, 2.45) is 0 Å². The number of carbonyl (C=O) groups is 1. The molecule has 0 bridgehead atoms. The van der Waals surface area contributed by atoms with Crippen molar-refractivity contribution in [3.8, 4) is 11.3 Å². The fourth-order valence-corrected chi connectivity index (χ4v) is 5.94. The van der Waals surface area contributed by atoms with E-state index in [0.29, 0.717) is 48.1 Å². The maximum atomic E-state index is 13.1. The van der Waals surface area contributed by atoms with Gasteiger partial charge in [-0.25, -0.2) is 13.4 Å². The summed E-state index contributed by atoms with van der Waals surface area (Å²) < 4.78 is 32.9. The molecular weight excluding hydrogens is 434 g/mol. The molecule has 3 aromatic rings. The maximum absolute atomic E-state index is 13.1. The number of carbonyl (C=O) groups excluding carboxylic acids is 1. The lowest BCUT2D eigenvalue weighted by Crippen LogP contribution is -2.40. The molecule has 162 valence electrons. The van der Waals surface area contributed by atoms with Gasteiger partial charge in [0.1, 0.15) is 4.88 Å². The van der Waals surface area contributed by atoms with Gasteiger partial charge >= 0.3 is 0 Å². The molecular formula is C22H23N3O4S2. The van der Waals surface area contributed by atoms with E-state index in [-0.39, 0.29) is 10.8 Å². The first-order valence-corrected chi connectivity index (χ1v) is 12.1. The Morgan fingerprint density at radius 2 is 1.81 bits per heavy atom. The molecule has 1 N–H and O–H groups in total. The van der Waals surface area contributed by atoms with Crippen LogP contribution in [0.5, 0.6) is 0 Å². The molecule has 9 heteroatoms. The zero-order valence-corrected chi connectivity index (χ0v) is 18.9. The molecule has 0 spiro atoms. The molecule has 0 radical (unpaired) electrons. The van der Waals surface area contributed by atoms with Gasteiger partial charge in [0.05, 0.1) is 28.8 Å². The van der Waals surface area contributed by atoms with Crippen LogP contribution in [0.1, 0.15) is 20.2 Å². The van der Waals surface area contributed by atoms with Crippen LogP contribution in [-0.2, 0) is 14.8 Å². The predicted molar refractivity (Wildman–Crippen MR) is 121 cm³/mol. The van der Waals surface area contributed by atoms with Crippen LogP contribution in [0.25, 0.3) is 11.3 Å². The molecule has 2 aromatic carbocycles. The zero-order valence-electron chi connectivity index (χ0n) is 17.3. The summed E-state index contributed by atoms with van der Waals surface area (Å²) in [6.45, 7) is 4.99. The molecule has 1 aliphatic rings. The van der Waals surface area contributed by atoms with Crippen molar-refractivity contribution in [1.29, 1.82) is 0 Å². The SMILES string of the molecule is Cc1nc(-c2ccccc2)c(C(=O)Nc2ccc(C)c(S(=O)(=O)N3CCOCC3)c2)s1. The number of anilines is 1. The van der Waals surface area contributed by atoms with E-state index in [2.05, 4.69) is 10.3 Å². The number of aromatic nitrogens is 1. The third-order valence-electron chi connectivity index (χ3n) is 5.02. The van der Waals surface area contributed by atoms with Gasteiger partial charge in [-0.2, -0.15) is 4.31 Å². The molecule has 0 atom stereocenters. The molecule has 2 heterocycles. The Morgan fingerprint density at radius 1 is 1.10 bits per heavy atom. The molecule has 31 heavy (non-hydrogen) atoms. The highest BCUT2D eigenvalue weighted by atomic mass is 32.2. The van der Waals surface area contributed by atoms with Crippen molar-refractivity contribution in [3.05, 3.63) is 64.0 Å². The zero-order chi connectivity index (χ0) is 22.0. The van der Waals surface area contributed by atoms with E-state index in [0.717, 1.165) is 10.6 Å². The highest BCUT2D eigenvalue weighted by Gasteiger charge is 2.28. The van der Waals surface area contributed by atoms with Gasteiger partial charge in [-0.15, -0.1) is 11.3 Å². The molecule has 0 unspecified atom stereocenters. The molecule has 0 aliphatic carbocycles. The fourth-order valence-electron chi connectivity index (χ4n) is 3.44. The Hall–Kier alpha value is -2.59. The lowest BCUT2D eigenvalue weighted by Gasteiger charge is -2.26. The topological polar surface area (TPSA) is 88.6 Å². The van der Waals surface area contributed by atoms with Crippen LogP contribution in [0.15, 0.2) is 53.4 Å². The van der Waals surface area contributed by atoms with Gasteiger partial charge < -0.3 is 10.1 Å². The number of thiazole rings is 1. The summed E-state index contributed by atoms with van der Waals surface area (Å²) in [6.07, 6.45) is 0. The van der Waals surface area contributed by atoms with Crippen LogP contribution in [-0.4, -0.2) is 49.9 Å². The van der Waals surface area contributed by atoms with E-state index in [1.807, 2.05) is 37.3 Å². The van der Waals surface area contributed by atoms with E-state index >= 15 is 0 Å². The number of rotatable bonds is 5. The second kappa shape index (κ2) is 8.88. The number of benzene rings is 2. The first-order valence-electron chi connectivity index (χ1n) is 9.89. The second-order valence-corrected chi connectivity index (χ2v) is 10.3. The molecule has 1 amide bonds. The van der Waals surface area contributed by atoms with Crippen LogP contribution < -0.4 is 5.32 Å². The largest absolute Gasteiger partial charge is 0.379 e. The highest BCUT2D eigenvalue weighted by molar-refractivity contribution is 7.89. The highest BCUT2D eigenvalue weighted by Crippen LogP contribution is 2.30. The lowest BCUT2D eigenvalue weighted by molar-refractivity contribution is 0.0730. The van der Waals surface area contributed by atoms with Gasteiger partial charge in [0, 0.05) is 24.3 Å². The van der Waals surface area contributed by atoms with Gasteiger partial charge in [0.15, 0.2) is 0 Å². The number of nitrogens with one attached hydrogen (secondary N) is 1. The minimum Gasteiger partial charge on any atom is -0.379 e. The standard InChI is InChI=1S/C22H23N3O4S2/c1-15-8-9-18(14-19(15)31(27,28)25-10-12-29-13-11-25)24-22(26)21-20(23-16(2)30-21)17-6-4-3-5-7-17/h3-9,14H,10-13H2,1-2H3,(H,24,26). The quantitative estimate of drug-likeness (QED) is 0.631. The Morgan fingerprint density at radius 3 is 2.52 bits per heavy atom. The summed E-state index contributed by atoms with van der Waals surface area (Å²) in [5.41, 5.74) is 2.53. The van der Waals surface area contributed by atoms with Gasteiger partial charge in [-0.05, 0) is 31.5 Å². The summed E-state index contributed by atoms with van der Waals surface area (Å²) in [4.78, 5) is 18.2. The van der Waals surface area contributed by atoms with Gasteiger partial charge in [-0.1, -0.05) is 36.4 Å². The summed E-state index contributed by atoms with van der Waals surface area (Å²) in [5, 5.41) is 3.63. The minimum absolute atomic E-state index is 0.191. The smallest absolute Gasteiger partial charge is 0.268 e. The van der Waals surface area contributed by atoms with Gasteiger partial charge in [0.25, 0.3) is 5.91 Å². The monoisotopic (exact) mass is 457 g/mol. The normalized spacial score (nSPS) is 15.0. The number of ether oxygens (including phenoxy) is 1. The number of amides is 1. The number of morpholine rings is 1. The first kappa shape index (κ1) is 21.6. The van der Waals surface area contributed by atoms with Crippen LogP contribution in [0, 0.1) is 13.8 Å². The van der Waals surface area contributed by atoms with E-state index < -0.39 is 10.0 Å². The summed E-state index contributed by atoms with van der Waals surface area (Å²) in [6, 6.07) is 14.5. The number of aryl methyl sites for hydroxylation is 2.